The van der Waals surface area contributed by atoms with Gasteiger partial charge in [0, 0.05) is 36.5 Å². The van der Waals surface area contributed by atoms with Gasteiger partial charge in [0.15, 0.2) is 0 Å². The number of ether oxygens (including phenoxy) is 1. The zero-order valence-electron chi connectivity index (χ0n) is 18.4. The van der Waals surface area contributed by atoms with Gasteiger partial charge >= 0.3 is 0 Å². The summed E-state index contributed by atoms with van der Waals surface area (Å²) >= 11 is 6.37. The maximum atomic E-state index is 14.4. The summed E-state index contributed by atoms with van der Waals surface area (Å²) in [6.45, 7) is 3.24. The van der Waals surface area contributed by atoms with Crippen LogP contribution in [0.1, 0.15) is 25.3 Å². The molecule has 6 nitrogen and oxygen atoms in total. The molecule has 170 valence electrons. The lowest BCUT2D eigenvalue weighted by Crippen LogP contribution is -2.03. The van der Waals surface area contributed by atoms with Crippen molar-refractivity contribution in [3.05, 3.63) is 71.1 Å². The van der Waals surface area contributed by atoms with E-state index in [2.05, 4.69) is 27.4 Å². The molecule has 0 aliphatic rings. The van der Waals surface area contributed by atoms with E-state index >= 15 is 0 Å². The van der Waals surface area contributed by atoms with Crippen molar-refractivity contribution in [1.29, 1.82) is 0 Å². The van der Waals surface area contributed by atoms with Gasteiger partial charge < -0.3 is 14.6 Å². The second kappa shape index (κ2) is 10.6. The molecule has 8 heteroatoms. The third-order valence-corrected chi connectivity index (χ3v) is 5.45. The molecule has 2 aromatic carbocycles. The zero-order chi connectivity index (χ0) is 23.2. The highest BCUT2D eigenvalue weighted by molar-refractivity contribution is 6.33. The molecular formula is C25H24ClFN4O2. The van der Waals surface area contributed by atoms with Gasteiger partial charge in [0.1, 0.15) is 11.6 Å². The summed E-state index contributed by atoms with van der Waals surface area (Å²) < 4.78 is 25.2. The number of rotatable bonds is 9. The highest BCUT2D eigenvalue weighted by Crippen LogP contribution is 2.32. The molecule has 0 atom stereocenters. The number of hydrogen-bond acceptors (Lipinski definition) is 6. The third-order valence-electron chi connectivity index (χ3n) is 5.16. The van der Waals surface area contributed by atoms with Crippen LogP contribution in [0.2, 0.25) is 5.02 Å². The summed E-state index contributed by atoms with van der Waals surface area (Å²) in [5.74, 6) is 1.06. The molecule has 0 unspecified atom stereocenters. The predicted molar refractivity (Wildman–Crippen MR) is 127 cm³/mol. The topological polar surface area (TPSA) is 73.1 Å². The number of nitrogens with zero attached hydrogens (tertiary/aromatic N) is 3. The monoisotopic (exact) mass is 466 g/mol. The Balaban J connectivity index is 1.61. The Morgan fingerprint density at radius 1 is 1.09 bits per heavy atom. The largest absolute Gasteiger partial charge is 0.380 e. The average molecular weight is 467 g/mol. The predicted octanol–water partition coefficient (Wildman–Crippen LogP) is 6.62. The molecular weight excluding hydrogens is 443 g/mol. The molecule has 1 N–H and O–H groups in total. The van der Waals surface area contributed by atoms with Gasteiger partial charge in [-0.2, -0.15) is 4.98 Å². The van der Waals surface area contributed by atoms with Crippen LogP contribution < -0.4 is 5.32 Å². The Morgan fingerprint density at radius 2 is 1.94 bits per heavy atom. The second-order valence-corrected chi connectivity index (χ2v) is 7.95. The van der Waals surface area contributed by atoms with Gasteiger partial charge in [-0.3, -0.25) is 0 Å². The fourth-order valence-electron chi connectivity index (χ4n) is 3.48. The molecule has 0 fully saturated rings. The van der Waals surface area contributed by atoms with Gasteiger partial charge in [0.05, 0.1) is 11.6 Å². The van der Waals surface area contributed by atoms with Gasteiger partial charge in [-0.1, -0.05) is 54.4 Å². The van der Waals surface area contributed by atoms with Crippen LogP contribution in [0.25, 0.3) is 34.0 Å². The number of aromatic nitrogens is 3. The number of anilines is 1. The Labute approximate surface area is 196 Å². The van der Waals surface area contributed by atoms with Crippen molar-refractivity contribution < 1.29 is 13.7 Å². The van der Waals surface area contributed by atoms with Crippen molar-refractivity contribution in [2.75, 3.05) is 19.0 Å². The van der Waals surface area contributed by atoms with E-state index in [1.165, 1.54) is 6.07 Å². The Kier molecular flexibility index (Phi) is 7.32. The number of hydrogen-bond donors (Lipinski definition) is 1. The average Bonchev–Trinajstić information content (AvgIpc) is 3.31. The minimum atomic E-state index is -0.292. The van der Waals surface area contributed by atoms with Gasteiger partial charge in [-0.15, -0.1) is 0 Å². The molecule has 0 saturated heterocycles. The van der Waals surface area contributed by atoms with Crippen molar-refractivity contribution in [3.8, 4) is 34.0 Å². The molecule has 33 heavy (non-hydrogen) atoms. The summed E-state index contributed by atoms with van der Waals surface area (Å²) in [5, 5.41) is 7.79. The van der Waals surface area contributed by atoms with Gasteiger partial charge in [-0.25, -0.2) is 9.37 Å². The van der Waals surface area contributed by atoms with Gasteiger partial charge in [-0.05, 0) is 41.8 Å². The van der Waals surface area contributed by atoms with E-state index in [4.69, 9.17) is 20.9 Å². The lowest BCUT2D eigenvalue weighted by molar-refractivity contribution is 0.185. The molecule has 0 saturated carbocycles. The van der Waals surface area contributed by atoms with Crippen LogP contribution in [-0.4, -0.2) is 28.8 Å². The van der Waals surface area contributed by atoms with Crippen LogP contribution in [0, 0.1) is 5.82 Å². The van der Waals surface area contributed by atoms with Crippen LogP contribution in [-0.2, 0) is 11.3 Å². The van der Waals surface area contributed by atoms with E-state index in [-0.39, 0.29) is 5.82 Å². The maximum absolute atomic E-state index is 14.4. The Morgan fingerprint density at radius 3 is 2.70 bits per heavy atom. The van der Waals surface area contributed by atoms with Crippen LogP contribution >= 0.6 is 11.6 Å². The SMILES string of the molecule is CCCCNc1ncc(-c2noc(-c3ccc(-c4ccccc4F)c(COC)c3)n2)cc1Cl. The van der Waals surface area contributed by atoms with E-state index in [1.807, 2.05) is 18.2 Å². The van der Waals surface area contributed by atoms with E-state index in [0.717, 1.165) is 30.5 Å². The number of nitrogens with one attached hydrogen (secondary N) is 1. The van der Waals surface area contributed by atoms with Crippen molar-refractivity contribution in [3.63, 3.8) is 0 Å². The first-order chi connectivity index (χ1) is 16.1. The Hall–Kier alpha value is -3.29. The number of pyridine rings is 1. The highest BCUT2D eigenvalue weighted by atomic mass is 35.5. The minimum absolute atomic E-state index is 0.292. The Bertz CT molecular complexity index is 1240. The first-order valence-electron chi connectivity index (χ1n) is 10.7. The molecule has 4 rings (SSSR count). The van der Waals surface area contributed by atoms with Crippen molar-refractivity contribution in [2.45, 2.75) is 26.4 Å². The molecule has 2 heterocycles. The lowest BCUT2D eigenvalue weighted by atomic mass is 9.97. The third kappa shape index (κ3) is 5.21. The fourth-order valence-corrected chi connectivity index (χ4v) is 3.71. The summed E-state index contributed by atoms with van der Waals surface area (Å²) in [6.07, 6.45) is 3.78. The van der Waals surface area contributed by atoms with Crippen LogP contribution in [0.5, 0.6) is 0 Å². The fraction of sp³-hybridized carbons (Fsp3) is 0.240. The smallest absolute Gasteiger partial charge is 0.258 e. The number of methoxy groups -OCH3 is 1. The van der Waals surface area contributed by atoms with Gasteiger partial charge in [0.2, 0.25) is 5.82 Å². The normalized spacial score (nSPS) is 11.0. The van der Waals surface area contributed by atoms with Gasteiger partial charge in [0.25, 0.3) is 5.89 Å². The van der Waals surface area contributed by atoms with Crippen molar-refractivity contribution in [1.82, 2.24) is 15.1 Å². The minimum Gasteiger partial charge on any atom is -0.380 e. The number of unbranched alkanes of at least 4 members (excludes halogenated alkanes) is 1. The molecule has 0 radical (unpaired) electrons. The number of halogens is 2. The van der Waals surface area contributed by atoms with Crippen LogP contribution in [0.3, 0.4) is 0 Å². The standard InChI is InChI=1S/C25H24ClFN4O2/c1-3-4-11-28-24-21(26)13-17(14-29-24)23-30-25(33-31-23)16-9-10-19(18(12-16)15-32-2)20-7-5-6-8-22(20)27/h5-10,12-14H,3-4,11,15H2,1-2H3,(H,28,29). The van der Waals surface area contributed by atoms with E-state index in [0.29, 0.717) is 45.9 Å². The summed E-state index contributed by atoms with van der Waals surface area (Å²) in [7, 11) is 1.60. The molecule has 2 aromatic heterocycles. The summed E-state index contributed by atoms with van der Waals surface area (Å²) in [4.78, 5) is 8.89. The second-order valence-electron chi connectivity index (χ2n) is 7.54. The molecule has 0 spiro atoms. The summed E-state index contributed by atoms with van der Waals surface area (Å²) in [5.41, 5.74) is 3.43. The van der Waals surface area contributed by atoms with Crippen molar-refractivity contribution in [2.24, 2.45) is 0 Å². The summed E-state index contributed by atoms with van der Waals surface area (Å²) in [6, 6.07) is 13.9. The van der Waals surface area contributed by atoms with E-state index < -0.39 is 0 Å². The first kappa shape index (κ1) is 22.9. The van der Waals surface area contributed by atoms with E-state index in [1.54, 1.807) is 37.6 Å². The molecule has 0 amide bonds. The molecule has 0 aliphatic carbocycles. The van der Waals surface area contributed by atoms with Crippen LogP contribution in [0.4, 0.5) is 10.2 Å². The zero-order valence-corrected chi connectivity index (χ0v) is 19.2. The molecule has 4 aromatic rings. The molecule has 0 aliphatic heterocycles. The van der Waals surface area contributed by atoms with E-state index in [9.17, 15) is 4.39 Å². The lowest BCUT2D eigenvalue weighted by Gasteiger charge is -2.11. The van der Waals surface area contributed by atoms with Crippen LogP contribution in [0.15, 0.2) is 59.3 Å². The highest BCUT2D eigenvalue weighted by Gasteiger charge is 2.16. The number of benzene rings is 2. The maximum Gasteiger partial charge on any atom is 0.258 e. The quantitative estimate of drug-likeness (QED) is 0.279. The molecule has 0 bridgehead atoms. The first-order valence-corrected chi connectivity index (χ1v) is 11.1. The van der Waals surface area contributed by atoms with Crippen molar-refractivity contribution >= 4 is 17.4 Å².